The Balaban J connectivity index is 1.02. The molecule has 2 aliphatic rings. The van der Waals surface area contributed by atoms with Crippen molar-refractivity contribution in [2.24, 2.45) is 0 Å². The molecule has 0 radical (unpaired) electrons. The summed E-state index contributed by atoms with van der Waals surface area (Å²) in [7, 11) is 0. The molecule has 1 aromatic heterocycles. The molecule has 4 nitrogen and oxygen atoms in total. The van der Waals surface area contributed by atoms with Gasteiger partial charge in [-0.05, 0) is 86.5 Å². The Morgan fingerprint density at radius 2 is 0.932 bits per heavy atom. The topological polar surface area (TPSA) is 44.2 Å². The summed E-state index contributed by atoms with van der Waals surface area (Å²) >= 11 is 0. The Morgan fingerprint density at radius 3 is 1.68 bits per heavy atom. The fourth-order valence-corrected chi connectivity index (χ4v) is 8.77. The van der Waals surface area contributed by atoms with Crippen molar-refractivity contribution in [3.8, 4) is 101 Å². The third-order valence-corrected chi connectivity index (χ3v) is 11.8. The highest BCUT2D eigenvalue weighted by Crippen LogP contribution is 2.58. The minimum atomic E-state index is -0.131. The average Bonchev–Trinajstić information content (AvgIpc) is 3.54. The summed E-state index contributed by atoms with van der Waals surface area (Å²) in [6.45, 7) is 4.55. The molecule has 9 aromatic rings. The predicted molar refractivity (Wildman–Crippen MR) is 239 cm³/mol. The standard InChI is InChI=1S/C55H38N2O2/c1-55(2)45-26-12-11-25-44(45)52-46(55)28-30-50-53(52)59-49-29-27-39(33-51(49)58-50)42-23-9-10-24-43(42)48-34-47(40-21-13-19-37(31-40)35-15-5-3-6-16-35)56-54(57-48)41-22-14-20-38(32-41)36-17-7-4-8-18-36/h3-34H,1-2H3. The van der Waals surface area contributed by atoms with Gasteiger partial charge in [-0.1, -0.05) is 172 Å². The second kappa shape index (κ2) is 13.8. The molecular weight excluding hydrogens is 721 g/mol. The summed E-state index contributed by atoms with van der Waals surface area (Å²) in [5, 5.41) is 0. The van der Waals surface area contributed by atoms with Crippen molar-refractivity contribution in [3.63, 3.8) is 0 Å². The lowest BCUT2D eigenvalue weighted by molar-refractivity contribution is 0.360. The summed E-state index contributed by atoms with van der Waals surface area (Å²) < 4.78 is 13.4. The lowest BCUT2D eigenvalue weighted by Gasteiger charge is -2.25. The molecule has 0 atom stereocenters. The Morgan fingerprint density at radius 1 is 0.356 bits per heavy atom. The molecule has 59 heavy (non-hydrogen) atoms. The maximum absolute atomic E-state index is 6.74. The van der Waals surface area contributed by atoms with E-state index in [9.17, 15) is 0 Å². The molecule has 1 aliphatic heterocycles. The van der Waals surface area contributed by atoms with Gasteiger partial charge in [0.1, 0.15) is 0 Å². The smallest absolute Gasteiger partial charge is 0.178 e. The van der Waals surface area contributed by atoms with Crippen molar-refractivity contribution in [2.45, 2.75) is 19.3 Å². The van der Waals surface area contributed by atoms with Gasteiger partial charge in [0.25, 0.3) is 0 Å². The molecule has 0 fully saturated rings. The minimum Gasteiger partial charge on any atom is -0.449 e. The minimum absolute atomic E-state index is 0.131. The van der Waals surface area contributed by atoms with Crippen LogP contribution in [0.2, 0.25) is 0 Å². The fraction of sp³-hybridized carbons (Fsp3) is 0.0545. The third-order valence-electron chi connectivity index (χ3n) is 11.8. The summed E-state index contributed by atoms with van der Waals surface area (Å²) in [5.41, 5.74) is 15.9. The van der Waals surface area contributed by atoms with Crippen LogP contribution >= 0.6 is 0 Å². The second-order valence-corrected chi connectivity index (χ2v) is 15.8. The third kappa shape index (κ3) is 6.00. The van der Waals surface area contributed by atoms with Gasteiger partial charge in [0.15, 0.2) is 28.8 Å². The lowest BCUT2D eigenvalue weighted by Crippen LogP contribution is -2.15. The van der Waals surface area contributed by atoms with Crippen LogP contribution in [0, 0.1) is 0 Å². The van der Waals surface area contributed by atoms with E-state index in [4.69, 9.17) is 19.4 Å². The first-order valence-corrected chi connectivity index (χ1v) is 20.1. The van der Waals surface area contributed by atoms with E-state index in [0.29, 0.717) is 17.3 Å². The largest absolute Gasteiger partial charge is 0.449 e. The SMILES string of the molecule is CC1(C)c2ccccc2-c2c1ccc1c2Oc2ccc(-c3ccccc3-c3cc(-c4cccc(-c5ccccc5)c4)nc(-c4cccc(-c5ccccc5)c4)n3)cc2O1. The van der Waals surface area contributed by atoms with E-state index >= 15 is 0 Å². The van der Waals surface area contributed by atoms with E-state index in [1.807, 2.05) is 18.2 Å². The Labute approximate surface area is 344 Å². The van der Waals surface area contributed by atoms with Gasteiger partial charge >= 0.3 is 0 Å². The molecule has 0 saturated carbocycles. The normalized spacial score (nSPS) is 13.0. The van der Waals surface area contributed by atoms with Crippen LogP contribution in [0.15, 0.2) is 194 Å². The molecule has 11 rings (SSSR count). The Hall–Kier alpha value is -7.56. The second-order valence-electron chi connectivity index (χ2n) is 15.8. The van der Waals surface area contributed by atoms with Crippen molar-refractivity contribution in [2.75, 3.05) is 0 Å². The number of hydrogen-bond donors (Lipinski definition) is 0. The maximum atomic E-state index is 6.74. The number of rotatable bonds is 6. The number of aromatic nitrogens is 2. The highest BCUT2D eigenvalue weighted by atomic mass is 16.6. The molecule has 0 bridgehead atoms. The van der Waals surface area contributed by atoms with Gasteiger partial charge in [0.05, 0.1) is 11.4 Å². The van der Waals surface area contributed by atoms with Crippen molar-refractivity contribution >= 4 is 0 Å². The van der Waals surface area contributed by atoms with E-state index in [1.54, 1.807) is 0 Å². The van der Waals surface area contributed by atoms with Gasteiger partial charge in [0.2, 0.25) is 0 Å². The van der Waals surface area contributed by atoms with Crippen LogP contribution in [-0.2, 0) is 5.41 Å². The summed E-state index contributed by atoms with van der Waals surface area (Å²) in [4.78, 5) is 10.6. The molecule has 0 amide bonds. The quantitative estimate of drug-likeness (QED) is 0.169. The van der Waals surface area contributed by atoms with Crippen LogP contribution in [0.5, 0.6) is 23.0 Å². The van der Waals surface area contributed by atoms with Gasteiger partial charge in [-0.3, -0.25) is 0 Å². The van der Waals surface area contributed by atoms with Gasteiger partial charge < -0.3 is 9.47 Å². The van der Waals surface area contributed by atoms with Crippen molar-refractivity contribution in [1.29, 1.82) is 0 Å². The van der Waals surface area contributed by atoms with Crippen LogP contribution in [0.3, 0.4) is 0 Å². The molecule has 1 aliphatic carbocycles. The van der Waals surface area contributed by atoms with E-state index < -0.39 is 0 Å². The molecule has 2 heterocycles. The molecule has 280 valence electrons. The summed E-state index contributed by atoms with van der Waals surface area (Å²) in [5.74, 6) is 3.52. The molecule has 0 spiro atoms. The van der Waals surface area contributed by atoms with Crippen molar-refractivity contribution in [3.05, 3.63) is 205 Å². The highest BCUT2D eigenvalue weighted by Gasteiger charge is 2.39. The zero-order chi connectivity index (χ0) is 39.5. The molecular formula is C55H38N2O2. The maximum Gasteiger partial charge on any atom is 0.178 e. The molecule has 0 unspecified atom stereocenters. The van der Waals surface area contributed by atoms with Crippen molar-refractivity contribution < 1.29 is 9.47 Å². The van der Waals surface area contributed by atoms with Crippen LogP contribution in [0.25, 0.3) is 78.4 Å². The highest BCUT2D eigenvalue weighted by molar-refractivity contribution is 5.89. The van der Waals surface area contributed by atoms with Gasteiger partial charge in [-0.25, -0.2) is 9.97 Å². The number of benzene rings is 8. The van der Waals surface area contributed by atoms with E-state index in [-0.39, 0.29) is 5.41 Å². The zero-order valence-electron chi connectivity index (χ0n) is 32.7. The van der Waals surface area contributed by atoms with Gasteiger partial charge in [-0.2, -0.15) is 0 Å². The van der Waals surface area contributed by atoms with Crippen LogP contribution < -0.4 is 9.47 Å². The van der Waals surface area contributed by atoms with Crippen LogP contribution in [-0.4, -0.2) is 9.97 Å². The lowest BCUT2D eigenvalue weighted by atomic mass is 9.82. The first kappa shape index (κ1) is 34.7. The Bertz CT molecular complexity index is 2980. The molecule has 0 saturated heterocycles. The van der Waals surface area contributed by atoms with E-state index in [2.05, 4.69) is 190 Å². The van der Waals surface area contributed by atoms with Gasteiger partial charge in [0, 0.05) is 27.7 Å². The molecule has 8 aromatic carbocycles. The number of nitrogens with zero attached hydrogens (tertiary/aromatic N) is 2. The fourth-order valence-electron chi connectivity index (χ4n) is 8.77. The average molecular weight is 759 g/mol. The van der Waals surface area contributed by atoms with Crippen molar-refractivity contribution in [1.82, 2.24) is 9.97 Å². The van der Waals surface area contributed by atoms with Gasteiger partial charge in [-0.15, -0.1) is 0 Å². The zero-order valence-corrected chi connectivity index (χ0v) is 32.7. The predicted octanol–water partition coefficient (Wildman–Crippen LogP) is 14.7. The first-order valence-electron chi connectivity index (χ1n) is 20.1. The number of ether oxygens (including phenoxy) is 2. The van der Waals surface area contributed by atoms with Crippen LogP contribution in [0.1, 0.15) is 25.0 Å². The van der Waals surface area contributed by atoms with E-state index in [1.165, 1.54) is 16.7 Å². The first-order chi connectivity index (χ1) is 29.0. The summed E-state index contributed by atoms with van der Waals surface area (Å²) in [6, 6.07) is 67.6. The number of hydrogen-bond acceptors (Lipinski definition) is 4. The molecule has 0 N–H and O–H groups in total. The van der Waals surface area contributed by atoms with E-state index in [0.717, 1.165) is 78.5 Å². The Kier molecular flexibility index (Phi) is 8.12. The number of fused-ring (bicyclic) bond motifs is 6. The molecule has 4 heteroatoms. The van der Waals surface area contributed by atoms with Crippen LogP contribution in [0.4, 0.5) is 0 Å². The summed E-state index contributed by atoms with van der Waals surface area (Å²) in [6.07, 6.45) is 0. The monoisotopic (exact) mass is 758 g/mol.